The maximum Gasteiger partial charge on any atom is 0.416 e. The highest BCUT2D eigenvalue weighted by Gasteiger charge is 2.33. The second kappa shape index (κ2) is 14.0. The van der Waals surface area contributed by atoms with E-state index in [0.29, 0.717) is 41.3 Å². The minimum Gasteiger partial charge on any atom is -0.369 e. The molecular weight excluding hydrogens is 678 g/mol. The molecule has 0 unspecified atom stereocenters. The van der Waals surface area contributed by atoms with Gasteiger partial charge in [0.05, 0.1) is 33.6 Å². The van der Waals surface area contributed by atoms with Crippen molar-refractivity contribution in [1.82, 2.24) is 15.0 Å². The summed E-state index contributed by atoms with van der Waals surface area (Å²) in [6.07, 6.45) is -5.31. The van der Waals surface area contributed by atoms with Gasteiger partial charge < -0.3 is 10.6 Å². The lowest BCUT2D eigenvalue weighted by atomic mass is 10.0. The smallest absolute Gasteiger partial charge is 0.369 e. The topological polar surface area (TPSA) is 117 Å². The number of rotatable bonds is 3. The van der Waals surface area contributed by atoms with E-state index in [2.05, 4.69) is 25.6 Å². The van der Waals surface area contributed by atoms with E-state index < -0.39 is 29.5 Å². The number of nitrogens with zero attached hydrogens (tertiary/aromatic N) is 4. The minimum atomic E-state index is -4.49. The summed E-state index contributed by atoms with van der Waals surface area (Å²) in [7, 11) is 0. The first-order chi connectivity index (χ1) is 24.3. The number of aromatic nitrogens is 3. The van der Waals surface area contributed by atoms with Crippen LogP contribution in [0.3, 0.4) is 0 Å². The number of ketones is 2. The monoisotopic (exact) mass is 704 g/mol. The van der Waals surface area contributed by atoms with Crippen LogP contribution in [0.15, 0.2) is 97.3 Å². The lowest BCUT2D eigenvalue weighted by molar-refractivity contribution is -0.138. The van der Waals surface area contributed by atoms with E-state index in [9.17, 15) is 40.7 Å². The van der Waals surface area contributed by atoms with E-state index >= 15 is 0 Å². The summed E-state index contributed by atoms with van der Waals surface area (Å²) in [4.78, 5) is 50.6. The van der Waals surface area contributed by atoms with Crippen molar-refractivity contribution in [2.24, 2.45) is 0 Å². The Balaban J connectivity index is 0.000000187. The van der Waals surface area contributed by atoms with Crippen LogP contribution in [-0.4, -0.2) is 45.6 Å². The van der Waals surface area contributed by atoms with Crippen molar-refractivity contribution >= 4 is 34.9 Å². The third-order valence-electron chi connectivity index (χ3n) is 7.98. The van der Waals surface area contributed by atoms with Gasteiger partial charge in [-0.25, -0.2) is 14.8 Å². The molecule has 15 heteroatoms. The molecule has 7 rings (SSSR count). The number of hydrogen-bond donors (Lipinski definition) is 2. The Bertz CT molecular complexity index is 2120. The highest BCUT2D eigenvalue weighted by molar-refractivity contribution is 6.10. The zero-order valence-corrected chi connectivity index (χ0v) is 26.3. The molecular formula is C36H26F6N6O3. The van der Waals surface area contributed by atoms with Crippen LogP contribution < -0.4 is 15.5 Å². The number of hydrogen-bond acceptors (Lipinski definition) is 7. The van der Waals surface area contributed by atoms with Gasteiger partial charge >= 0.3 is 18.4 Å². The van der Waals surface area contributed by atoms with Gasteiger partial charge in [-0.3, -0.25) is 19.5 Å². The summed E-state index contributed by atoms with van der Waals surface area (Å²) in [6, 6.07) is 18.6. The first-order valence-corrected chi connectivity index (χ1v) is 15.4. The molecule has 260 valence electrons. The van der Waals surface area contributed by atoms with Crippen LogP contribution in [0.5, 0.6) is 0 Å². The fourth-order valence-corrected chi connectivity index (χ4v) is 5.43. The SMILES string of the molecule is O=C1CCN(C(=O)Nc2ccncc2)c2nc(-c3cccc(C(F)(F)F)c3)ccc21.O=C1CCNc2nc(-c3cccc(C(F)(F)F)c3)ccc21. The number of pyridine rings is 3. The number of fused-ring (bicyclic) bond motifs is 2. The van der Waals surface area contributed by atoms with Crippen molar-refractivity contribution in [3.63, 3.8) is 0 Å². The minimum absolute atomic E-state index is 0.00755. The van der Waals surface area contributed by atoms with Crippen molar-refractivity contribution in [3.8, 4) is 22.5 Å². The predicted molar refractivity (Wildman–Crippen MR) is 176 cm³/mol. The van der Waals surface area contributed by atoms with Crippen molar-refractivity contribution in [2.75, 3.05) is 28.6 Å². The van der Waals surface area contributed by atoms with Crippen LogP contribution in [0.4, 0.5) is 48.5 Å². The van der Waals surface area contributed by atoms with Crippen LogP contribution in [-0.2, 0) is 12.4 Å². The number of carbonyl (C=O) groups excluding carboxylic acids is 3. The molecule has 0 bridgehead atoms. The van der Waals surface area contributed by atoms with Gasteiger partial charge in [0.15, 0.2) is 11.6 Å². The molecule has 0 spiro atoms. The molecule has 0 aliphatic carbocycles. The molecule has 2 amide bonds. The number of Topliss-reactive ketones (excluding diaryl/α,β-unsaturated/α-hetero) is 2. The summed E-state index contributed by atoms with van der Waals surface area (Å²) in [6.45, 7) is 0.604. The average Bonchev–Trinajstić information content (AvgIpc) is 3.12. The van der Waals surface area contributed by atoms with E-state index in [4.69, 9.17) is 0 Å². The Labute approximate surface area is 286 Å². The Kier molecular flexibility index (Phi) is 9.54. The van der Waals surface area contributed by atoms with E-state index in [1.807, 2.05) is 0 Å². The second-order valence-electron chi connectivity index (χ2n) is 11.4. The summed E-state index contributed by atoms with van der Waals surface area (Å²) >= 11 is 0. The number of urea groups is 1. The molecule has 0 saturated heterocycles. The zero-order chi connectivity index (χ0) is 36.3. The first-order valence-electron chi connectivity index (χ1n) is 15.4. The van der Waals surface area contributed by atoms with E-state index in [1.54, 1.807) is 30.3 Å². The number of carbonyl (C=O) groups is 3. The number of anilines is 3. The fraction of sp³-hybridized carbons (Fsp3) is 0.167. The molecule has 0 fully saturated rings. The molecule has 5 heterocycles. The third-order valence-corrected chi connectivity index (χ3v) is 7.98. The molecule has 2 aliphatic heterocycles. The van der Waals surface area contributed by atoms with Gasteiger partial charge in [0, 0.05) is 55.1 Å². The molecule has 0 radical (unpaired) electrons. The van der Waals surface area contributed by atoms with Gasteiger partial charge in [-0.2, -0.15) is 26.3 Å². The molecule has 2 N–H and O–H groups in total. The summed E-state index contributed by atoms with van der Waals surface area (Å²) in [5.74, 6) is 0.363. The van der Waals surface area contributed by atoms with Gasteiger partial charge in [0.1, 0.15) is 11.6 Å². The predicted octanol–water partition coefficient (Wildman–Crippen LogP) is 8.55. The molecule has 2 aliphatic rings. The number of benzene rings is 2. The van der Waals surface area contributed by atoms with Gasteiger partial charge in [-0.05, 0) is 60.7 Å². The quantitative estimate of drug-likeness (QED) is 0.181. The standard InChI is InChI=1S/C21H15F3N4O2.C15H11F3N2O/c22-21(23,24)14-3-1-2-13(12-14)17-5-4-16-18(29)8-11-28(19(16)27-17)20(30)26-15-6-9-25-10-7-15;16-15(17,18)10-3-1-2-9(8-10)12-5-4-11-13(21)6-7-19-14(11)20-12/h1-7,9-10,12H,8,11H2,(H,25,26,30);1-5,8H,6-7H2,(H,19,20). The molecule has 9 nitrogen and oxygen atoms in total. The normalized spacial score (nSPS) is 14.0. The lowest BCUT2D eigenvalue weighted by Gasteiger charge is -2.28. The number of nitrogens with one attached hydrogen (secondary N) is 2. The second-order valence-corrected chi connectivity index (χ2v) is 11.4. The Hall–Kier alpha value is -6.12. The van der Waals surface area contributed by atoms with Crippen LogP contribution >= 0.6 is 0 Å². The van der Waals surface area contributed by atoms with E-state index in [-0.39, 0.29) is 47.2 Å². The molecule has 3 aromatic heterocycles. The summed E-state index contributed by atoms with van der Waals surface area (Å²) < 4.78 is 77.3. The molecule has 2 aromatic carbocycles. The summed E-state index contributed by atoms with van der Waals surface area (Å²) in [5.41, 5.74) is 0.971. The molecule has 0 saturated carbocycles. The maximum atomic E-state index is 13.1. The van der Waals surface area contributed by atoms with Crippen molar-refractivity contribution in [1.29, 1.82) is 0 Å². The number of alkyl halides is 6. The lowest BCUT2D eigenvalue weighted by Crippen LogP contribution is -2.41. The zero-order valence-electron chi connectivity index (χ0n) is 26.3. The number of amides is 2. The Morgan fingerprint density at radius 3 is 1.88 bits per heavy atom. The largest absolute Gasteiger partial charge is 0.416 e. The van der Waals surface area contributed by atoms with Crippen molar-refractivity contribution in [2.45, 2.75) is 25.2 Å². The number of halogens is 6. The van der Waals surface area contributed by atoms with Gasteiger partial charge in [-0.1, -0.05) is 24.3 Å². The highest BCUT2D eigenvalue weighted by Crippen LogP contribution is 2.35. The maximum absolute atomic E-state index is 13.1. The van der Waals surface area contributed by atoms with Crippen LogP contribution in [0.2, 0.25) is 0 Å². The molecule has 5 aromatic rings. The third kappa shape index (κ3) is 7.87. The highest BCUT2D eigenvalue weighted by atomic mass is 19.4. The van der Waals surface area contributed by atoms with Gasteiger partial charge in [-0.15, -0.1) is 0 Å². The van der Waals surface area contributed by atoms with Crippen molar-refractivity contribution in [3.05, 3.63) is 120 Å². The Morgan fingerprint density at radius 2 is 1.27 bits per heavy atom. The Morgan fingerprint density at radius 1 is 0.706 bits per heavy atom. The van der Waals surface area contributed by atoms with E-state index in [1.165, 1.54) is 47.6 Å². The van der Waals surface area contributed by atoms with Gasteiger partial charge in [0.25, 0.3) is 0 Å². The van der Waals surface area contributed by atoms with Crippen molar-refractivity contribution < 1.29 is 40.7 Å². The van der Waals surface area contributed by atoms with Crippen LogP contribution in [0.1, 0.15) is 44.7 Å². The van der Waals surface area contributed by atoms with Crippen LogP contribution in [0.25, 0.3) is 22.5 Å². The molecule has 0 atom stereocenters. The summed E-state index contributed by atoms with van der Waals surface area (Å²) in [5, 5.41) is 5.70. The fourth-order valence-electron chi connectivity index (χ4n) is 5.43. The first kappa shape index (κ1) is 34.7. The van der Waals surface area contributed by atoms with E-state index in [0.717, 1.165) is 24.3 Å². The average molecular weight is 705 g/mol. The van der Waals surface area contributed by atoms with Gasteiger partial charge in [0.2, 0.25) is 0 Å². The van der Waals surface area contributed by atoms with Crippen LogP contribution in [0, 0.1) is 0 Å². The molecule has 51 heavy (non-hydrogen) atoms.